The van der Waals surface area contributed by atoms with Crippen LogP contribution in [0.15, 0.2) is 23.2 Å². The summed E-state index contributed by atoms with van der Waals surface area (Å²) in [5, 5.41) is 6.43. The van der Waals surface area contributed by atoms with E-state index < -0.39 is 12.1 Å². The predicted octanol–water partition coefficient (Wildman–Crippen LogP) is 4.50. The molecule has 28 heavy (non-hydrogen) atoms. The van der Waals surface area contributed by atoms with Gasteiger partial charge in [0.05, 0.1) is 19.6 Å². The van der Waals surface area contributed by atoms with Gasteiger partial charge in [-0.3, -0.25) is 4.99 Å². The fraction of sp³-hybridized carbons (Fsp3) is 0.632. The summed E-state index contributed by atoms with van der Waals surface area (Å²) >= 11 is 0. The summed E-state index contributed by atoms with van der Waals surface area (Å²) in [6.07, 6.45) is -2.79. The highest BCUT2D eigenvalue weighted by Crippen LogP contribution is 2.37. The van der Waals surface area contributed by atoms with Crippen LogP contribution in [-0.4, -0.2) is 38.9 Å². The number of halogens is 4. The van der Waals surface area contributed by atoms with Gasteiger partial charge in [-0.05, 0) is 50.3 Å². The van der Waals surface area contributed by atoms with Crippen molar-refractivity contribution in [3.8, 4) is 11.5 Å². The number of guanidine groups is 1. The minimum Gasteiger partial charge on any atom is -0.493 e. The van der Waals surface area contributed by atoms with Crippen LogP contribution in [0, 0.1) is 5.92 Å². The van der Waals surface area contributed by atoms with Crippen molar-refractivity contribution in [2.24, 2.45) is 10.9 Å². The van der Waals surface area contributed by atoms with Gasteiger partial charge in [0, 0.05) is 19.6 Å². The Balaban J connectivity index is 0.00000392. The topological polar surface area (TPSA) is 54.9 Å². The van der Waals surface area contributed by atoms with Crippen molar-refractivity contribution in [3.05, 3.63) is 23.8 Å². The van der Waals surface area contributed by atoms with Gasteiger partial charge in [-0.2, -0.15) is 13.2 Å². The van der Waals surface area contributed by atoms with Gasteiger partial charge < -0.3 is 20.1 Å². The first-order chi connectivity index (χ1) is 12.9. The van der Waals surface area contributed by atoms with E-state index in [9.17, 15) is 13.2 Å². The van der Waals surface area contributed by atoms with Crippen LogP contribution >= 0.6 is 24.0 Å². The van der Waals surface area contributed by atoms with E-state index in [1.807, 2.05) is 25.1 Å². The largest absolute Gasteiger partial charge is 0.493 e. The lowest BCUT2D eigenvalue weighted by molar-refractivity contribution is -0.182. The third kappa shape index (κ3) is 7.21. The molecule has 0 spiro atoms. The van der Waals surface area contributed by atoms with E-state index in [2.05, 4.69) is 15.6 Å². The maximum absolute atomic E-state index is 12.8. The first-order valence-corrected chi connectivity index (χ1v) is 9.21. The molecule has 0 atom stereocenters. The molecule has 5 nitrogen and oxygen atoms in total. The lowest BCUT2D eigenvalue weighted by Crippen LogP contribution is -2.45. The van der Waals surface area contributed by atoms with E-state index >= 15 is 0 Å². The minimum atomic E-state index is -4.09. The molecule has 160 valence electrons. The van der Waals surface area contributed by atoms with Gasteiger partial charge in [0.25, 0.3) is 0 Å². The Kier molecular flexibility index (Phi) is 10.2. The van der Waals surface area contributed by atoms with Crippen molar-refractivity contribution in [3.63, 3.8) is 0 Å². The lowest BCUT2D eigenvalue weighted by atomic mass is 9.85. The average Bonchev–Trinajstić information content (AvgIpc) is 2.65. The van der Waals surface area contributed by atoms with Gasteiger partial charge in [0.15, 0.2) is 17.5 Å². The van der Waals surface area contributed by atoms with Crippen LogP contribution in [0.1, 0.15) is 38.2 Å². The fourth-order valence-electron chi connectivity index (χ4n) is 3.24. The van der Waals surface area contributed by atoms with Gasteiger partial charge in [-0.1, -0.05) is 6.07 Å². The first-order valence-electron chi connectivity index (χ1n) is 9.21. The second-order valence-corrected chi connectivity index (χ2v) is 6.58. The molecule has 1 saturated carbocycles. The van der Waals surface area contributed by atoms with Gasteiger partial charge >= 0.3 is 6.18 Å². The molecule has 0 aromatic heterocycles. The number of aliphatic imine (C=N–C) groups is 1. The smallest absolute Gasteiger partial charge is 0.391 e. The van der Waals surface area contributed by atoms with Crippen LogP contribution < -0.4 is 20.1 Å². The van der Waals surface area contributed by atoms with Crippen molar-refractivity contribution in [2.45, 2.75) is 51.4 Å². The Morgan fingerprint density at radius 1 is 1.18 bits per heavy atom. The van der Waals surface area contributed by atoms with Crippen LogP contribution in [0.25, 0.3) is 0 Å². The summed E-state index contributed by atoms with van der Waals surface area (Å²) in [5.41, 5.74) is 0.989. The Labute approximate surface area is 181 Å². The van der Waals surface area contributed by atoms with Crippen LogP contribution in [0.5, 0.6) is 11.5 Å². The molecule has 0 saturated heterocycles. The molecule has 0 amide bonds. The normalized spacial score (nSPS) is 20.1. The standard InChI is InChI=1S/C19H28F3N3O2.HI/c1-4-27-17-11-13(5-10-16(17)26-3)12-24-18(23-2)25-15-8-6-14(7-9-15)19(20,21)22;/h5,10-11,14-15H,4,6-9,12H2,1-3H3,(H2,23,24,25);1H. The van der Waals surface area contributed by atoms with Crippen molar-refractivity contribution in [1.82, 2.24) is 10.6 Å². The maximum Gasteiger partial charge on any atom is 0.391 e. The number of methoxy groups -OCH3 is 1. The van der Waals surface area contributed by atoms with E-state index in [4.69, 9.17) is 9.47 Å². The van der Waals surface area contributed by atoms with Crippen LogP contribution in [-0.2, 0) is 6.54 Å². The molecule has 0 bridgehead atoms. The highest BCUT2D eigenvalue weighted by atomic mass is 127. The zero-order chi connectivity index (χ0) is 19.9. The van der Waals surface area contributed by atoms with E-state index in [1.165, 1.54) is 0 Å². The molecular weight excluding hydrogens is 486 g/mol. The van der Waals surface area contributed by atoms with Gasteiger partial charge in [-0.15, -0.1) is 24.0 Å². The zero-order valence-electron chi connectivity index (χ0n) is 16.4. The Morgan fingerprint density at radius 3 is 2.39 bits per heavy atom. The zero-order valence-corrected chi connectivity index (χ0v) is 18.8. The SMILES string of the molecule is CCOc1cc(CNC(=NC)NC2CCC(C(F)(F)F)CC2)ccc1OC.I. The number of ether oxygens (including phenoxy) is 2. The monoisotopic (exact) mass is 515 g/mol. The van der Waals surface area contributed by atoms with Crippen molar-refractivity contribution < 1.29 is 22.6 Å². The van der Waals surface area contributed by atoms with Gasteiger partial charge in [0.2, 0.25) is 0 Å². The highest BCUT2D eigenvalue weighted by Gasteiger charge is 2.41. The summed E-state index contributed by atoms with van der Waals surface area (Å²) in [5.74, 6) is 0.748. The quantitative estimate of drug-likeness (QED) is 0.333. The molecule has 0 aliphatic heterocycles. The molecule has 0 radical (unpaired) electrons. The number of nitrogens with zero attached hydrogens (tertiary/aromatic N) is 1. The van der Waals surface area contributed by atoms with Crippen LogP contribution in [0.3, 0.4) is 0 Å². The number of nitrogens with one attached hydrogen (secondary N) is 2. The summed E-state index contributed by atoms with van der Waals surface area (Å²) in [7, 11) is 3.24. The molecule has 1 aromatic carbocycles. The van der Waals surface area contributed by atoms with E-state index in [0.29, 0.717) is 43.5 Å². The van der Waals surface area contributed by atoms with Crippen LogP contribution in [0.4, 0.5) is 13.2 Å². The van der Waals surface area contributed by atoms with E-state index in [0.717, 1.165) is 5.56 Å². The number of rotatable bonds is 6. The number of benzene rings is 1. The molecule has 2 N–H and O–H groups in total. The van der Waals surface area contributed by atoms with Crippen molar-refractivity contribution in [1.29, 1.82) is 0 Å². The molecule has 9 heteroatoms. The Hall–Kier alpha value is -1.39. The molecular formula is C19H29F3IN3O2. The molecule has 1 aromatic rings. The lowest BCUT2D eigenvalue weighted by Gasteiger charge is -2.31. The summed E-state index contributed by atoms with van der Waals surface area (Å²) in [6.45, 7) is 2.96. The molecule has 2 rings (SSSR count). The second-order valence-electron chi connectivity index (χ2n) is 6.58. The fourth-order valence-corrected chi connectivity index (χ4v) is 3.24. The molecule has 0 unspecified atom stereocenters. The third-order valence-corrected chi connectivity index (χ3v) is 4.74. The Bertz CT molecular complexity index is 633. The highest BCUT2D eigenvalue weighted by molar-refractivity contribution is 14.0. The molecule has 0 heterocycles. The summed E-state index contributed by atoms with van der Waals surface area (Å²) in [4.78, 5) is 4.17. The maximum atomic E-state index is 12.8. The second kappa shape index (κ2) is 11.6. The first kappa shape index (κ1) is 24.6. The summed E-state index contributed by atoms with van der Waals surface area (Å²) < 4.78 is 49.2. The predicted molar refractivity (Wildman–Crippen MR) is 115 cm³/mol. The van der Waals surface area contributed by atoms with Crippen LogP contribution in [0.2, 0.25) is 0 Å². The number of alkyl halides is 3. The number of hydrogen-bond donors (Lipinski definition) is 2. The van der Waals surface area contributed by atoms with Gasteiger partial charge in [0.1, 0.15) is 0 Å². The Morgan fingerprint density at radius 2 is 1.86 bits per heavy atom. The molecule has 1 fully saturated rings. The molecule has 1 aliphatic carbocycles. The average molecular weight is 515 g/mol. The number of hydrogen-bond acceptors (Lipinski definition) is 3. The third-order valence-electron chi connectivity index (χ3n) is 4.74. The van der Waals surface area contributed by atoms with Crippen molar-refractivity contribution in [2.75, 3.05) is 20.8 Å². The van der Waals surface area contributed by atoms with Gasteiger partial charge in [-0.25, -0.2) is 0 Å². The van der Waals surface area contributed by atoms with E-state index in [1.54, 1.807) is 14.2 Å². The minimum absolute atomic E-state index is 0. The van der Waals surface area contributed by atoms with Crippen molar-refractivity contribution >= 4 is 29.9 Å². The van der Waals surface area contributed by atoms with E-state index in [-0.39, 0.29) is 42.9 Å². The summed E-state index contributed by atoms with van der Waals surface area (Å²) in [6, 6.07) is 5.67. The molecule has 1 aliphatic rings.